The van der Waals surface area contributed by atoms with E-state index < -0.39 is 0 Å². The van der Waals surface area contributed by atoms with Crippen LogP contribution in [0.15, 0.2) is 76.8 Å². The Morgan fingerprint density at radius 2 is 1.54 bits per heavy atom. The van der Waals surface area contributed by atoms with Gasteiger partial charge in [0.25, 0.3) is 0 Å². The van der Waals surface area contributed by atoms with E-state index in [0.717, 1.165) is 24.5 Å². The molecule has 1 fully saturated rings. The fraction of sp³-hybridized carbons (Fsp3) is 0.190. The van der Waals surface area contributed by atoms with Gasteiger partial charge in [-0.25, -0.2) is 0 Å². The van der Waals surface area contributed by atoms with Crippen LogP contribution in [0.4, 0.5) is 0 Å². The van der Waals surface area contributed by atoms with E-state index in [9.17, 15) is 0 Å². The van der Waals surface area contributed by atoms with Gasteiger partial charge in [-0.15, -0.1) is 0 Å². The minimum Gasteiger partial charge on any atom is -0.357 e. The molecule has 0 amide bonds. The van der Waals surface area contributed by atoms with E-state index in [1.165, 1.54) is 16.7 Å². The van der Waals surface area contributed by atoms with Crippen LogP contribution in [0, 0.1) is 6.92 Å². The van der Waals surface area contributed by atoms with E-state index in [0.29, 0.717) is 6.04 Å². The molecular formula is C21H20N2O. The number of aryl methyl sites for hydroxylation is 1. The van der Waals surface area contributed by atoms with Crippen LogP contribution in [0.5, 0.6) is 0 Å². The maximum atomic E-state index is 5.29. The zero-order chi connectivity index (χ0) is 16.4. The van der Waals surface area contributed by atoms with Gasteiger partial charge < -0.3 is 4.52 Å². The molecule has 3 nitrogen and oxygen atoms in total. The van der Waals surface area contributed by atoms with Crippen molar-refractivity contribution in [2.75, 3.05) is 13.1 Å². The van der Waals surface area contributed by atoms with Crippen LogP contribution in [0.25, 0.3) is 6.08 Å². The van der Waals surface area contributed by atoms with Crippen LogP contribution < -0.4 is 0 Å². The molecule has 0 radical (unpaired) electrons. The summed E-state index contributed by atoms with van der Waals surface area (Å²) in [7, 11) is 0. The summed E-state index contributed by atoms with van der Waals surface area (Å²) in [6.45, 7) is 3.85. The molecule has 0 spiro atoms. The van der Waals surface area contributed by atoms with Gasteiger partial charge in [-0.2, -0.15) is 0 Å². The topological polar surface area (TPSA) is 29.3 Å². The molecule has 1 aliphatic rings. The molecule has 0 atom stereocenters. The predicted molar refractivity (Wildman–Crippen MR) is 95.5 cm³/mol. The van der Waals surface area contributed by atoms with Crippen molar-refractivity contribution in [1.29, 1.82) is 0 Å². The van der Waals surface area contributed by atoms with Crippen molar-refractivity contribution in [3.8, 4) is 0 Å². The predicted octanol–water partition coefficient (Wildman–Crippen LogP) is 4.47. The van der Waals surface area contributed by atoms with Crippen molar-refractivity contribution >= 4 is 6.08 Å². The Bertz CT molecular complexity index is 789. The number of benzene rings is 2. The summed E-state index contributed by atoms with van der Waals surface area (Å²) in [6.07, 6.45) is 2.11. The molecule has 0 aliphatic carbocycles. The molecular weight excluding hydrogens is 296 g/mol. The first-order chi connectivity index (χ1) is 11.8. The summed E-state index contributed by atoms with van der Waals surface area (Å²) in [4.78, 5) is 2.49. The first-order valence-corrected chi connectivity index (χ1v) is 8.26. The first kappa shape index (κ1) is 14.9. The van der Waals surface area contributed by atoms with Crippen LogP contribution >= 0.6 is 0 Å². The average molecular weight is 316 g/mol. The maximum Gasteiger partial charge on any atom is 0.159 e. The maximum absolute atomic E-state index is 5.29. The summed E-state index contributed by atoms with van der Waals surface area (Å²) in [5.74, 6) is 0.845. The molecule has 3 aromatic rings. The third-order valence-corrected chi connectivity index (χ3v) is 4.40. The molecule has 1 aliphatic heterocycles. The van der Waals surface area contributed by atoms with Crippen molar-refractivity contribution in [3.63, 3.8) is 0 Å². The van der Waals surface area contributed by atoms with Crippen molar-refractivity contribution in [2.24, 2.45) is 0 Å². The van der Waals surface area contributed by atoms with E-state index in [-0.39, 0.29) is 0 Å². The molecule has 0 saturated carbocycles. The third kappa shape index (κ3) is 3.03. The van der Waals surface area contributed by atoms with Crippen molar-refractivity contribution < 1.29 is 4.52 Å². The summed E-state index contributed by atoms with van der Waals surface area (Å²) in [6, 6.07) is 23.7. The van der Waals surface area contributed by atoms with Gasteiger partial charge in [0, 0.05) is 19.2 Å². The Hall–Kier alpha value is -2.65. The van der Waals surface area contributed by atoms with Gasteiger partial charge in [0.15, 0.2) is 5.76 Å². The third-order valence-electron chi connectivity index (χ3n) is 4.40. The SMILES string of the molecule is Cc1cc(C=C2CN(C(c3ccccc3)c3ccccc3)C2)on1. The lowest BCUT2D eigenvalue weighted by molar-refractivity contribution is 0.203. The monoisotopic (exact) mass is 316 g/mol. The summed E-state index contributed by atoms with van der Waals surface area (Å²) in [5.41, 5.74) is 4.96. The van der Waals surface area contributed by atoms with E-state index in [1.807, 2.05) is 13.0 Å². The van der Waals surface area contributed by atoms with Crippen LogP contribution in [-0.2, 0) is 0 Å². The quantitative estimate of drug-likeness (QED) is 0.711. The Morgan fingerprint density at radius 1 is 0.958 bits per heavy atom. The van der Waals surface area contributed by atoms with E-state index in [4.69, 9.17) is 4.52 Å². The first-order valence-electron chi connectivity index (χ1n) is 8.26. The number of nitrogens with zero attached hydrogens (tertiary/aromatic N) is 2. The second-order valence-electron chi connectivity index (χ2n) is 6.30. The van der Waals surface area contributed by atoms with Crippen molar-refractivity contribution in [3.05, 3.63) is 94.9 Å². The number of hydrogen-bond donors (Lipinski definition) is 0. The molecule has 0 unspecified atom stereocenters. The Morgan fingerprint density at radius 3 is 2.04 bits per heavy atom. The fourth-order valence-corrected chi connectivity index (χ4v) is 3.29. The standard InChI is InChI=1S/C21H20N2O/c1-16-12-20(24-22-16)13-17-14-23(15-17)21(18-8-4-2-5-9-18)19-10-6-3-7-11-19/h2-13,21H,14-15H2,1H3. The zero-order valence-electron chi connectivity index (χ0n) is 13.7. The number of rotatable bonds is 4. The highest BCUT2D eigenvalue weighted by atomic mass is 16.5. The number of hydrogen-bond acceptors (Lipinski definition) is 3. The summed E-state index contributed by atoms with van der Waals surface area (Å²) >= 11 is 0. The second kappa shape index (κ2) is 6.46. The fourth-order valence-electron chi connectivity index (χ4n) is 3.29. The highest BCUT2D eigenvalue weighted by Gasteiger charge is 2.30. The van der Waals surface area contributed by atoms with Gasteiger partial charge >= 0.3 is 0 Å². The van der Waals surface area contributed by atoms with Gasteiger partial charge in [0.1, 0.15) is 0 Å². The largest absolute Gasteiger partial charge is 0.357 e. The smallest absolute Gasteiger partial charge is 0.159 e. The van der Waals surface area contributed by atoms with Crippen LogP contribution in [0.2, 0.25) is 0 Å². The van der Waals surface area contributed by atoms with Gasteiger partial charge in [0.2, 0.25) is 0 Å². The minimum absolute atomic E-state index is 0.293. The second-order valence-corrected chi connectivity index (χ2v) is 6.30. The van der Waals surface area contributed by atoms with Crippen molar-refractivity contribution in [1.82, 2.24) is 10.1 Å². The molecule has 3 heteroatoms. The van der Waals surface area contributed by atoms with Crippen LogP contribution in [0.1, 0.15) is 28.6 Å². The molecule has 1 aromatic heterocycles. The zero-order valence-corrected chi connectivity index (χ0v) is 13.7. The van der Waals surface area contributed by atoms with Crippen molar-refractivity contribution in [2.45, 2.75) is 13.0 Å². The normalized spacial score (nSPS) is 14.7. The van der Waals surface area contributed by atoms with E-state index >= 15 is 0 Å². The number of aromatic nitrogens is 1. The Kier molecular flexibility index (Phi) is 4.01. The van der Waals surface area contributed by atoms with Gasteiger partial charge in [-0.1, -0.05) is 65.8 Å². The van der Waals surface area contributed by atoms with Crippen LogP contribution in [0.3, 0.4) is 0 Å². The van der Waals surface area contributed by atoms with Gasteiger partial charge in [-0.3, -0.25) is 4.90 Å². The molecule has 0 N–H and O–H groups in total. The highest BCUT2D eigenvalue weighted by molar-refractivity contribution is 5.51. The molecule has 1 saturated heterocycles. The summed E-state index contributed by atoms with van der Waals surface area (Å²) in [5, 5.41) is 3.94. The Labute approximate surface area is 142 Å². The molecule has 120 valence electrons. The van der Waals surface area contributed by atoms with Crippen LogP contribution in [-0.4, -0.2) is 23.1 Å². The Balaban J connectivity index is 1.57. The molecule has 0 bridgehead atoms. The van der Waals surface area contributed by atoms with E-state index in [1.54, 1.807) is 0 Å². The van der Waals surface area contributed by atoms with E-state index in [2.05, 4.69) is 76.8 Å². The molecule has 2 aromatic carbocycles. The lowest BCUT2D eigenvalue weighted by atomic mass is 9.92. The lowest BCUT2D eigenvalue weighted by Gasteiger charge is -2.41. The molecule has 24 heavy (non-hydrogen) atoms. The average Bonchev–Trinajstić information content (AvgIpc) is 3.00. The molecule has 2 heterocycles. The molecule has 4 rings (SSSR count). The minimum atomic E-state index is 0.293. The number of likely N-dealkylation sites (tertiary alicyclic amines) is 1. The lowest BCUT2D eigenvalue weighted by Crippen LogP contribution is -2.43. The highest BCUT2D eigenvalue weighted by Crippen LogP contribution is 2.34. The summed E-state index contributed by atoms with van der Waals surface area (Å²) < 4.78 is 5.29. The van der Waals surface area contributed by atoms with Gasteiger partial charge in [0.05, 0.1) is 11.7 Å². The van der Waals surface area contributed by atoms with Gasteiger partial charge in [-0.05, 0) is 29.7 Å².